The van der Waals surface area contributed by atoms with Crippen LogP contribution in [-0.2, 0) is 29.0 Å². The fraction of sp³-hybridized carbons (Fsp3) is 0.467. The molecule has 0 spiro atoms. The molecule has 1 fully saturated rings. The van der Waals surface area contributed by atoms with Crippen molar-refractivity contribution in [1.82, 2.24) is 25.1 Å². The molecule has 4 rings (SSSR count). The minimum Gasteiger partial charge on any atom is -0.385 e. The molecule has 0 bridgehead atoms. The maximum Gasteiger partial charge on any atom is 0.224 e. The van der Waals surface area contributed by atoms with Crippen molar-refractivity contribution in [3.63, 3.8) is 0 Å². The predicted molar refractivity (Wildman–Crippen MR) is 155 cm³/mol. The van der Waals surface area contributed by atoms with Gasteiger partial charge in [0.25, 0.3) is 0 Å². The molecule has 3 aromatic rings. The Bertz CT molecular complexity index is 1400. The summed E-state index contributed by atoms with van der Waals surface area (Å²) in [6.07, 6.45) is 2.57. The highest BCUT2D eigenvalue weighted by Crippen LogP contribution is 2.24. The maximum absolute atomic E-state index is 13.3. The molecule has 0 radical (unpaired) electrons. The normalized spacial score (nSPS) is 15.7. The first-order valence-electron chi connectivity index (χ1n) is 13.8. The largest absolute Gasteiger partial charge is 0.385 e. The van der Waals surface area contributed by atoms with E-state index < -0.39 is 0 Å². The van der Waals surface area contributed by atoms with E-state index in [1.165, 1.54) is 13.5 Å². The molecule has 3 heterocycles. The van der Waals surface area contributed by atoms with Crippen molar-refractivity contribution in [2.24, 2.45) is 5.92 Å². The Kier molecular flexibility index (Phi) is 9.01. The molecule has 1 atom stereocenters. The van der Waals surface area contributed by atoms with Crippen molar-refractivity contribution in [3.05, 3.63) is 57.7 Å². The second-order valence-corrected chi connectivity index (χ2v) is 10.7. The molecule has 9 heteroatoms. The molecule has 9 nitrogen and oxygen atoms in total. The van der Waals surface area contributed by atoms with Gasteiger partial charge in [-0.05, 0) is 49.5 Å². The van der Waals surface area contributed by atoms with E-state index in [9.17, 15) is 14.4 Å². The third kappa shape index (κ3) is 6.47. The number of benzene rings is 1. The van der Waals surface area contributed by atoms with Gasteiger partial charge in [0, 0.05) is 37.3 Å². The second-order valence-electron chi connectivity index (χ2n) is 10.7. The number of likely N-dealkylation sites (N-methyl/N-ethyl adjacent to an activating group) is 2. The van der Waals surface area contributed by atoms with Crippen LogP contribution in [0.3, 0.4) is 0 Å². The Morgan fingerprint density at radius 3 is 2.51 bits per heavy atom. The van der Waals surface area contributed by atoms with Gasteiger partial charge in [-0.15, -0.1) is 0 Å². The number of nitrogens with two attached hydrogens (primary N) is 1. The summed E-state index contributed by atoms with van der Waals surface area (Å²) in [5.74, 6) is 0.278. The SMILES string of the molecule is CCN1CCC[C@@H]1CNC(=O)Cc1ccc(-c2ccc3c(=O)c(CC(=O)NC)c(N)n(CC(C)C)c3n2)cc1. The number of amides is 2. The summed E-state index contributed by atoms with van der Waals surface area (Å²) >= 11 is 0. The summed E-state index contributed by atoms with van der Waals surface area (Å²) in [4.78, 5) is 45.1. The molecule has 1 aromatic carbocycles. The highest BCUT2D eigenvalue weighted by Gasteiger charge is 2.23. The van der Waals surface area contributed by atoms with E-state index in [4.69, 9.17) is 10.7 Å². The first-order valence-corrected chi connectivity index (χ1v) is 13.8. The monoisotopic (exact) mass is 532 g/mol. The number of anilines is 1. The van der Waals surface area contributed by atoms with E-state index in [0.29, 0.717) is 42.3 Å². The van der Waals surface area contributed by atoms with Gasteiger partial charge in [-0.25, -0.2) is 4.98 Å². The van der Waals surface area contributed by atoms with Gasteiger partial charge in [0.2, 0.25) is 11.8 Å². The number of hydrogen-bond donors (Lipinski definition) is 3. The summed E-state index contributed by atoms with van der Waals surface area (Å²) in [6.45, 7) is 9.67. The zero-order chi connectivity index (χ0) is 28.1. The molecule has 0 saturated carbocycles. The molecular formula is C30H40N6O3. The number of carbonyl (C=O) groups excluding carboxylic acids is 2. The van der Waals surface area contributed by atoms with Crippen LogP contribution in [0.1, 0.15) is 44.7 Å². The lowest BCUT2D eigenvalue weighted by molar-refractivity contribution is -0.121. The first-order chi connectivity index (χ1) is 18.7. The molecule has 0 unspecified atom stereocenters. The Balaban J connectivity index is 1.56. The number of fused-ring (bicyclic) bond motifs is 1. The van der Waals surface area contributed by atoms with Crippen molar-refractivity contribution in [2.45, 2.75) is 59.0 Å². The molecule has 4 N–H and O–H groups in total. The van der Waals surface area contributed by atoms with Crippen molar-refractivity contribution in [1.29, 1.82) is 0 Å². The first kappa shape index (κ1) is 28.3. The predicted octanol–water partition coefficient (Wildman–Crippen LogP) is 2.73. The van der Waals surface area contributed by atoms with Crippen LogP contribution in [-0.4, -0.2) is 59.0 Å². The average molecular weight is 533 g/mol. The summed E-state index contributed by atoms with van der Waals surface area (Å²) in [6, 6.07) is 11.8. The minimum atomic E-state index is -0.272. The van der Waals surface area contributed by atoms with Gasteiger partial charge >= 0.3 is 0 Å². The van der Waals surface area contributed by atoms with Crippen LogP contribution in [0, 0.1) is 5.92 Å². The van der Waals surface area contributed by atoms with Crippen LogP contribution in [0.2, 0.25) is 0 Å². The van der Waals surface area contributed by atoms with Gasteiger partial charge in [0.05, 0.1) is 23.9 Å². The molecular weight excluding hydrogens is 492 g/mol. The van der Waals surface area contributed by atoms with E-state index in [0.717, 1.165) is 30.6 Å². The molecule has 39 heavy (non-hydrogen) atoms. The minimum absolute atomic E-state index is 0.0234. The Morgan fingerprint density at radius 1 is 1.10 bits per heavy atom. The van der Waals surface area contributed by atoms with E-state index in [2.05, 4.69) is 36.3 Å². The highest BCUT2D eigenvalue weighted by atomic mass is 16.2. The van der Waals surface area contributed by atoms with Crippen molar-refractivity contribution in [3.8, 4) is 11.3 Å². The van der Waals surface area contributed by atoms with E-state index in [-0.39, 0.29) is 41.0 Å². The zero-order valence-corrected chi connectivity index (χ0v) is 23.4. The molecule has 1 aliphatic heterocycles. The van der Waals surface area contributed by atoms with Crippen molar-refractivity contribution < 1.29 is 9.59 Å². The fourth-order valence-corrected chi connectivity index (χ4v) is 5.33. The van der Waals surface area contributed by atoms with Crippen LogP contribution < -0.4 is 21.8 Å². The summed E-state index contributed by atoms with van der Waals surface area (Å²) in [5, 5.41) is 6.09. The van der Waals surface area contributed by atoms with Crippen LogP contribution in [0.5, 0.6) is 0 Å². The van der Waals surface area contributed by atoms with Gasteiger partial charge in [-0.1, -0.05) is 45.0 Å². The highest BCUT2D eigenvalue weighted by molar-refractivity contribution is 5.85. The van der Waals surface area contributed by atoms with E-state index >= 15 is 0 Å². The molecule has 2 aromatic heterocycles. The number of nitrogens with one attached hydrogen (secondary N) is 2. The number of carbonyl (C=O) groups is 2. The number of hydrogen-bond acceptors (Lipinski definition) is 6. The lowest BCUT2D eigenvalue weighted by atomic mass is 10.0. The summed E-state index contributed by atoms with van der Waals surface area (Å²) in [7, 11) is 1.54. The van der Waals surface area contributed by atoms with Crippen LogP contribution in [0.15, 0.2) is 41.2 Å². The quantitative estimate of drug-likeness (QED) is 0.369. The number of pyridine rings is 2. The third-order valence-electron chi connectivity index (χ3n) is 7.47. The van der Waals surface area contributed by atoms with Crippen LogP contribution in [0.25, 0.3) is 22.3 Å². The Morgan fingerprint density at radius 2 is 1.85 bits per heavy atom. The van der Waals surface area contributed by atoms with Gasteiger partial charge < -0.3 is 20.9 Å². The summed E-state index contributed by atoms with van der Waals surface area (Å²) in [5.41, 5.74) is 9.46. The third-order valence-corrected chi connectivity index (χ3v) is 7.47. The molecule has 208 valence electrons. The van der Waals surface area contributed by atoms with Crippen molar-refractivity contribution >= 4 is 28.7 Å². The lowest BCUT2D eigenvalue weighted by Gasteiger charge is -2.22. The molecule has 2 amide bonds. The Hall–Kier alpha value is -3.72. The average Bonchev–Trinajstić information content (AvgIpc) is 3.40. The van der Waals surface area contributed by atoms with Crippen molar-refractivity contribution in [2.75, 3.05) is 32.4 Å². The molecule has 1 saturated heterocycles. The van der Waals surface area contributed by atoms with Gasteiger partial charge in [-0.3, -0.25) is 19.3 Å². The van der Waals surface area contributed by atoms with E-state index in [1.54, 1.807) is 6.07 Å². The molecule has 0 aliphatic carbocycles. The topological polar surface area (TPSA) is 122 Å². The zero-order valence-electron chi connectivity index (χ0n) is 23.4. The number of nitrogen functional groups attached to an aromatic ring is 1. The fourth-order valence-electron chi connectivity index (χ4n) is 5.33. The van der Waals surface area contributed by atoms with Crippen LogP contribution in [0.4, 0.5) is 5.82 Å². The van der Waals surface area contributed by atoms with Gasteiger partial charge in [-0.2, -0.15) is 0 Å². The van der Waals surface area contributed by atoms with Gasteiger partial charge in [0.1, 0.15) is 11.5 Å². The standard InChI is InChI=1S/C30H40N6O3/c1-5-35-14-6-7-22(35)17-33-27(38)15-20-8-10-21(11-9-20)25-13-12-23-28(39)24(16-26(37)32-4)29(31)36(18-19(2)3)30(23)34-25/h8-13,19,22H,5-7,14-18,31H2,1-4H3,(H,32,37)(H,33,38)/t22-/m1/s1. The number of aromatic nitrogens is 2. The maximum atomic E-state index is 13.3. The smallest absolute Gasteiger partial charge is 0.224 e. The van der Waals surface area contributed by atoms with Gasteiger partial charge in [0.15, 0.2) is 5.43 Å². The Labute approximate surface area is 229 Å². The number of likely N-dealkylation sites (tertiary alicyclic amines) is 1. The van der Waals surface area contributed by atoms with Crippen LogP contribution >= 0.6 is 0 Å². The summed E-state index contributed by atoms with van der Waals surface area (Å²) < 4.78 is 1.84. The lowest BCUT2D eigenvalue weighted by Crippen LogP contribution is -2.40. The number of rotatable bonds is 10. The second kappa shape index (κ2) is 12.4. The van der Waals surface area contributed by atoms with E-state index in [1.807, 2.05) is 34.9 Å². The molecule has 1 aliphatic rings. The number of nitrogens with zero attached hydrogens (tertiary/aromatic N) is 3.